The van der Waals surface area contributed by atoms with Gasteiger partial charge in [-0.1, -0.05) is 0 Å². The van der Waals surface area contributed by atoms with Gasteiger partial charge in [0, 0.05) is 18.7 Å². The van der Waals surface area contributed by atoms with Gasteiger partial charge in [0.25, 0.3) is 0 Å². The highest BCUT2D eigenvalue weighted by Gasteiger charge is 2.34. The summed E-state index contributed by atoms with van der Waals surface area (Å²) in [6.45, 7) is 3.23. The predicted octanol–water partition coefficient (Wildman–Crippen LogP) is 3.14. The maximum atomic E-state index is 12.8. The molecule has 1 aromatic rings. The van der Waals surface area contributed by atoms with Gasteiger partial charge in [-0.25, -0.2) is 0 Å². The number of hydrogen-bond donors (Lipinski definition) is 1. The highest BCUT2D eigenvalue weighted by Crippen LogP contribution is 2.33. The number of anilines is 1. The Balaban J connectivity index is 2.02. The van der Waals surface area contributed by atoms with Crippen LogP contribution in [0.4, 0.5) is 18.9 Å². The second-order valence-electron chi connectivity index (χ2n) is 4.88. The average molecular weight is 300 g/mol. The van der Waals surface area contributed by atoms with Crippen LogP contribution in [-0.2, 0) is 15.7 Å². The zero-order valence-corrected chi connectivity index (χ0v) is 11.5. The van der Waals surface area contributed by atoms with E-state index in [4.69, 9.17) is 14.7 Å². The van der Waals surface area contributed by atoms with Gasteiger partial charge < -0.3 is 14.8 Å². The van der Waals surface area contributed by atoms with Gasteiger partial charge in [-0.15, -0.1) is 0 Å². The lowest BCUT2D eigenvalue weighted by Crippen LogP contribution is -2.28. The Hall–Kier alpha value is -1.78. The van der Waals surface area contributed by atoms with Crippen molar-refractivity contribution < 1.29 is 22.6 Å². The van der Waals surface area contributed by atoms with Gasteiger partial charge in [0.1, 0.15) is 0 Å². The van der Waals surface area contributed by atoms with Crippen molar-refractivity contribution >= 4 is 5.69 Å². The van der Waals surface area contributed by atoms with Crippen molar-refractivity contribution in [3.05, 3.63) is 29.3 Å². The molecule has 4 nitrogen and oxygen atoms in total. The van der Waals surface area contributed by atoms with Gasteiger partial charge in [-0.05, 0) is 25.1 Å². The van der Waals surface area contributed by atoms with Gasteiger partial charge in [-0.2, -0.15) is 18.4 Å². The Labute approximate surface area is 120 Å². The third-order valence-corrected chi connectivity index (χ3v) is 3.25. The molecule has 1 saturated heterocycles. The minimum Gasteiger partial charge on any atom is -0.385 e. The molecular formula is C14H15F3N2O2. The van der Waals surface area contributed by atoms with Gasteiger partial charge in [-0.3, -0.25) is 0 Å². The number of hydrogen-bond acceptors (Lipinski definition) is 4. The number of halogens is 3. The van der Waals surface area contributed by atoms with Crippen LogP contribution in [0.3, 0.4) is 0 Å². The maximum absolute atomic E-state index is 12.8. The molecule has 2 rings (SSSR count). The van der Waals surface area contributed by atoms with E-state index in [2.05, 4.69) is 5.32 Å². The number of benzene rings is 1. The van der Waals surface area contributed by atoms with Crippen LogP contribution in [-0.4, -0.2) is 25.5 Å². The van der Waals surface area contributed by atoms with Crippen LogP contribution in [0.1, 0.15) is 24.5 Å². The number of nitrogens with one attached hydrogen (secondary N) is 1. The largest absolute Gasteiger partial charge is 0.417 e. The summed E-state index contributed by atoms with van der Waals surface area (Å²) < 4.78 is 49.3. The van der Waals surface area contributed by atoms with Gasteiger partial charge in [0.2, 0.25) is 0 Å². The van der Waals surface area contributed by atoms with Crippen LogP contribution in [0, 0.1) is 11.3 Å². The number of alkyl halides is 3. The Morgan fingerprint density at radius 3 is 2.57 bits per heavy atom. The van der Waals surface area contributed by atoms with E-state index in [-0.39, 0.29) is 5.56 Å². The molecule has 7 heteroatoms. The van der Waals surface area contributed by atoms with E-state index in [0.29, 0.717) is 31.9 Å². The van der Waals surface area contributed by atoms with Gasteiger partial charge in [0.15, 0.2) is 5.79 Å². The lowest BCUT2D eigenvalue weighted by molar-refractivity contribution is -0.144. The monoisotopic (exact) mass is 300 g/mol. The zero-order chi connectivity index (χ0) is 15.5. The van der Waals surface area contributed by atoms with Crippen molar-refractivity contribution in [2.24, 2.45) is 0 Å². The summed E-state index contributed by atoms with van der Waals surface area (Å²) in [7, 11) is 0. The standard InChI is InChI=1S/C14H15F3N2O2/c1-13(20-6-7-21-13)4-5-19-11-3-2-10(9-18)12(8-11)14(15,16)17/h2-3,8,19H,4-7H2,1H3. The van der Waals surface area contributed by atoms with Crippen molar-refractivity contribution in [2.45, 2.75) is 25.3 Å². The Morgan fingerprint density at radius 2 is 2.00 bits per heavy atom. The lowest BCUT2D eigenvalue weighted by atomic mass is 10.1. The summed E-state index contributed by atoms with van der Waals surface area (Å²) >= 11 is 0. The molecule has 0 atom stereocenters. The summed E-state index contributed by atoms with van der Waals surface area (Å²) in [6.07, 6.45) is -4.04. The van der Waals surface area contributed by atoms with Crippen molar-refractivity contribution in [3.8, 4) is 6.07 Å². The van der Waals surface area contributed by atoms with Gasteiger partial charge >= 0.3 is 6.18 Å². The fourth-order valence-electron chi connectivity index (χ4n) is 2.12. The van der Waals surface area contributed by atoms with E-state index in [9.17, 15) is 13.2 Å². The molecule has 0 aliphatic carbocycles. The molecule has 0 aromatic heterocycles. The van der Waals surface area contributed by atoms with Crippen LogP contribution in [0.2, 0.25) is 0 Å². The van der Waals surface area contributed by atoms with E-state index in [0.717, 1.165) is 12.1 Å². The maximum Gasteiger partial charge on any atom is 0.417 e. The first-order valence-corrected chi connectivity index (χ1v) is 6.47. The molecule has 0 spiro atoms. The van der Waals surface area contributed by atoms with Crippen LogP contribution in [0.25, 0.3) is 0 Å². The van der Waals surface area contributed by atoms with Crippen LogP contribution in [0.15, 0.2) is 18.2 Å². The smallest absolute Gasteiger partial charge is 0.385 e. The number of rotatable bonds is 4. The molecule has 0 saturated carbocycles. The number of ether oxygens (including phenoxy) is 2. The number of nitrogens with zero attached hydrogens (tertiary/aromatic N) is 1. The molecule has 0 radical (unpaired) electrons. The van der Waals surface area contributed by atoms with E-state index in [1.54, 1.807) is 13.0 Å². The van der Waals surface area contributed by atoms with Crippen molar-refractivity contribution in [3.63, 3.8) is 0 Å². The number of nitriles is 1. The second-order valence-corrected chi connectivity index (χ2v) is 4.88. The molecule has 21 heavy (non-hydrogen) atoms. The summed E-state index contributed by atoms with van der Waals surface area (Å²) in [5, 5.41) is 11.6. The third kappa shape index (κ3) is 3.86. The molecule has 114 valence electrons. The molecule has 1 aliphatic rings. The fraction of sp³-hybridized carbons (Fsp3) is 0.500. The van der Waals surface area contributed by atoms with Crippen LogP contribution < -0.4 is 5.32 Å². The van der Waals surface area contributed by atoms with Crippen LogP contribution >= 0.6 is 0 Å². The third-order valence-electron chi connectivity index (χ3n) is 3.25. The zero-order valence-electron chi connectivity index (χ0n) is 11.5. The minimum atomic E-state index is -4.55. The highest BCUT2D eigenvalue weighted by atomic mass is 19.4. The Kier molecular flexibility index (Phi) is 4.40. The summed E-state index contributed by atoms with van der Waals surface area (Å²) in [4.78, 5) is 0. The van der Waals surface area contributed by atoms with Gasteiger partial charge in [0.05, 0.1) is 30.4 Å². The molecule has 1 heterocycles. The van der Waals surface area contributed by atoms with Crippen molar-refractivity contribution in [1.29, 1.82) is 5.26 Å². The molecule has 1 fully saturated rings. The first-order chi connectivity index (χ1) is 9.84. The first kappa shape index (κ1) is 15.6. The topological polar surface area (TPSA) is 54.3 Å². The summed E-state index contributed by atoms with van der Waals surface area (Å²) in [5.74, 6) is -0.688. The fourth-order valence-corrected chi connectivity index (χ4v) is 2.12. The molecule has 0 amide bonds. The van der Waals surface area contributed by atoms with Crippen LogP contribution in [0.5, 0.6) is 0 Å². The van der Waals surface area contributed by atoms with Crippen molar-refractivity contribution in [2.75, 3.05) is 25.1 Å². The summed E-state index contributed by atoms with van der Waals surface area (Å²) in [6, 6.07) is 5.10. The van der Waals surface area contributed by atoms with E-state index in [1.165, 1.54) is 6.07 Å². The first-order valence-electron chi connectivity index (χ1n) is 6.47. The Bertz CT molecular complexity index is 546. The van der Waals surface area contributed by atoms with Crippen molar-refractivity contribution in [1.82, 2.24) is 0 Å². The summed E-state index contributed by atoms with van der Waals surface area (Å²) in [5.41, 5.74) is -1.01. The second kappa shape index (κ2) is 5.92. The molecular weight excluding hydrogens is 285 g/mol. The Morgan fingerprint density at radius 1 is 1.33 bits per heavy atom. The molecule has 1 aliphatic heterocycles. The van der Waals surface area contributed by atoms with E-state index >= 15 is 0 Å². The SMILES string of the molecule is CC1(CCNc2ccc(C#N)c(C(F)(F)F)c2)OCCO1. The quantitative estimate of drug-likeness (QED) is 0.928. The minimum absolute atomic E-state index is 0.308. The lowest BCUT2D eigenvalue weighted by Gasteiger charge is -2.22. The van der Waals surface area contributed by atoms with E-state index in [1.807, 2.05) is 0 Å². The molecule has 0 bridgehead atoms. The highest BCUT2D eigenvalue weighted by molar-refractivity contribution is 5.53. The average Bonchev–Trinajstić information content (AvgIpc) is 2.84. The molecule has 1 N–H and O–H groups in total. The molecule has 1 aromatic carbocycles. The molecule has 0 unspecified atom stereocenters. The predicted molar refractivity (Wildman–Crippen MR) is 69.6 cm³/mol. The van der Waals surface area contributed by atoms with E-state index < -0.39 is 17.5 Å². The normalized spacial score (nSPS) is 17.5.